The van der Waals surface area contributed by atoms with Gasteiger partial charge >= 0.3 is 0 Å². The Balaban J connectivity index is 0. The molecule has 0 aromatic rings. The van der Waals surface area contributed by atoms with E-state index in [0.29, 0.717) is 0 Å². The standard InChI is InChI=1S/H6OSi2.Zr/c2-1-3;/h2-3H3;. The Morgan fingerprint density at radius 1 is 1.25 bits per heavy atom. The third-order valence-corrected chi connectivity index (χ3v) is 0. The molecule has 0 heterocycles. The van der Waals surface area contributed by atoms with Gasteiger partial charge in [-0.15, -0.1) is 0 Å². The molecule has 0 aromatic heterocycles. The third kappa shape index (κ3) is 10.4. The SMILES string of the molecule is [SiH3]O[SiH3].[Zr]. The second-order valence-electron chi connectivity index (χ2n) is 0.408. The maximum atomic E-state index is 4.53. The molecule has 0 bridgehead atoms. The van der Waals surface area contributed by atoms with Gasteiger partial charge in [0.2, 0.25) is 0 Å². The van der Waals surface area contributed by atoms with Crippen molar-refractivity contribution >= 4 is 21.0 Å². The molecule has 1 nitrogen and oxygen atoms in total. The van der Waals surface area contributed by atoms with Gasteiger partial charge in [-0.2, -0.15) is 0 Å². The average Bonchev–Trinajstić information content (AvgIpc) is 0.918. The first-order valence-electron chi connectivity index (χ1n) is 0.816. The van der Waals surface area contributed by atoms with Crippen LogP contribution in [0.3, 0.4) is 0 Å². The Bertz CT molecular complexity index is 6.00. The topological polar surface area (TPSA) is 9.23 Å². The molecule has 0 saturated heterocycles. The van der Waals surface area contributed by atoms with Gasteiger partial charge in [-0.25, -0.2) is 0 Å². The van der Waals surface area contributed by atoms with Crippen LogP contribution in [-0.4, -0.2) is 21.0 Å². The number of hydrogen-bond donors (Lipinski definition) is 0. The predicted molar refractivity (Wildman–Crippen MR) is 21.0 cm³/mol. The van der Waals surface area contributed by atoms with Crippen LogP contribution in [-0.2, 0) is 30.3 Å². The Hall–Kier alpha value is 1.28. The molecular formula is H6OSi2Zr. The molecule has 0 atom stereocenters. The smallest absolute Gasteiger partial charge is 0.129 e. The summed E-state index contributed by atoms with van der Waals surface area (Å²) in [4.78, 5) is 0. The molecule has 0 unspecified atom stereocenters. The fraction of sp³-hybridized carbons (Fsp3) is 0. The van der Waals surface area contributed by atoms with Crippen LogP contribution in [0, 0.1) is 0 Å². The zero-order chi connectivity index (χ0) is 2.71. The van der Waals surface area contributed by atoms with E-state index in [-0.39, 0.29) is 26.2 Å². The molecule has 0 amide bonds. The molecule has 0 aromatic carbocycles. The number of hydrogen-bond acceptors (Lipinski definition) is 1. The molecule has 4 heteroatoms. The van der Waals surface area contributed by atoms with Crippen molar-refractivity contribution in [3.05, 3.63) is 0 Å². The van der Waals surface area contributed by atoms with Gasteiger partial charge in [0.15, 0.2) is 0 Å². The van der Waals surface area contributed by atoms with Gasteiger partial charge in [0.25, 0.3) is 0 Å². The van der Waals surface area contributed by atoms with Crippen LogP contribution in [0.25, 0.3) is 0 Å². The van der Waals surface area contributed by atoms with E-state index in [9.17, 15) is 0 Å². The molecule has 0 fully saturated rings. The van der Waals surface area contributed by atoms with E-state index in [0.717, 1.165) is 21.0 Å². The Labute approximate surface area is 51.3 Å². The molecule has 0 aliphatic rings. The summed E-state index contributed by atoms with van der Waals surface area (Å²) < 4.78 is 4.53. The Kier molecular flexibility index (Phi) is 19.9. The molecule has 0 N–H and O–H groups in total. The van der Waals surface area contributed by atoms with E-state index in [1.807, 2.05) is 0 Å². The first kappa shape index (κ1) is 8.99. The summed E-state index contributed by atoms with van der Waals surface area (Å²) >= 11 is 0. The van der Waals surface area contributed by atoms with Crippen LogP contribution in [0.15, 0.2) is 0 Å². The monoisotopic (exact) mass is 168 g/mol. The van der Waals surface area contributed by atoms with Crippen molar-refractivity contribution in [2.24, 2.45) is 0 Å². The molecule has 0 radical (unpaired) electrons. The van der Waals surface area contributed by atoms with E-state index >= 15 is 0 Å². The van der Waals surface area contributed by atoms with Crippen molar-refractivity contribution in [3.8, 4) is 0 Å². The molecule has 0 aliphatic heterocycles. The molecule has 4 heavy (non-hydrogen) atoms. The third-order valence-electron chi connectivity index (χ3n) is 0. The summed E-state index contributed by atoms with van der Waals surface area (Å²) in [5.41, 5.74) is 0. The van der Waals surface area contributed by atoms with Crippen LogP contribution in [0.2, 0.25) is 0 Å². The van der Waals surface area contributed by atoms with Crippen molar-refractivity contribution in [1.29, 1.82) is 0 Å². The van der Waals surface area contributed by atoms with E-state index in [4.69, 9.17) is 0 Å². The van der Waals surface area contributed by atoms with Gasteiger partial charge in [0, 0.05) is 26.2 Å². The summed E-state index contributed by atoms with van der Waals surface area (Å²) in [6.07, 6.45) is 0. The summed E-state index contributed by atoms with van der Waals surface area (Å²) in [5.74, 6) is 0. The minimum Gasteiger partial charge on any atom is -0.471 e. The van der Waals surface area contributed by atoms with Gasteiger partial charge in [-0.05, 0) is 0 Å². The quantitative estimate of drug-likeness (QED) is 0.366. The van der Waals surface area contributed by atoms with Crippen molar-refractivity contribution in [2.75, 3.05) is 0 Å². The molecule has 0 saturated carbocycles. The van der Waals surface area contributed by atoms with E-state index in [2.05, 4.69) is 4.12 Å². The van der Waals surface area contributed by atoms with Crippen molar-refractivity contribution in [3.63, 3.8) is 0 Å². The van der Waals surface area contributed by atoms with Gasteiger partial charge in [0.05, 0.1) is 0 Å². The predicted octanol–water partition coefficient (Wildman–Crippen LogP) is -2.44. The summed E-state index contributed by atoms with van der Waals surface area (Å²) in [6.45, 7) is 0. The normalized spacial score (nSPS) is 6.00. The average molecular weight is 169 g/mol. The molecular weight excluding hydrogens is 163 g/mol. The van der Waals surface area contributed by atoms with Gasteiger partial charge in [-0.1, -0.05) is 0 Å². The summed E-state index contributed by atoms with van der Waals surface area (Å²) in [5, 5.41) is 0. The van der Waals surface area contributed by atoms with Crippen LogP contribution >= 0.6 is 0 Å². The minimum atomic E-state index is 0. The summed E-state index contributed by atoms with van der Waals surface area (Å²) in [7, 11) is 1.86. The maximum Gasteiger partial charge on any atom is 0.129 e. The zero-order valence-electron chi connectivity index (χ0n) is 2.91. The second kappa shape index (κ2) is 8.86. The largest absolute Gasteiger partial charge is 0.471 e. The van der Waals surface area contributed by atoms with Gasteiger partial charge < -0.3 is 4.12 Å². The van der Waals surface area contributed by atoms with Crippen molar-refractivity contribution < 1.29 is 30.3 Å². The summed E-state index contributed by atoms with van der Waals surface area (Å²) in [6, 6.07) is 0. The van der Waals surface area contributed by atoms with Crippen molar-refractivity contribution in [1.82, 2.24) is 0 Å². The fourth-order valence-electron chi connectivity index (χ4n) is 0. The first-order chi connectivity index (χ1) is 1.41. The van der Waals surface area contributed by atoms with E-state index < -0.39 is 0 Å². The van der Waals surface area contributed by atoms with Crippen molar-refractivity contribution in [2.45, 2.75) is 0 Å². The molecule has 0 spiro atoms. The Morgan fingerprint density at radius 2 is 1.25 bits per heavy atom. The van der Waals surface area contributed by atoms with E-state index in [1.54, 1.807) is 0 Å². The fourth-order valence-corrected chi connectivity index (χ4v) is 0. The second-order valence-corrected chi connectivity index (χ2v) is 3.67. The first-order valence-corrected chi connectivity index (χ1v) is 2.45. The van der Waals surface area contributed by atoms with E-state index in [1.165, 1.54) is 0 Å². The zero-order valence-corrected chi connectivity index (χ0v) is 9.37. The number of rotatable bonds is 0. The Morgan fingerprint density at radius 3 is 1.25 bits per heavy atom. The van der Waals surface area contributed by atoms with Gasteiger partial charge in [0.1, 0.15) is 21.0 Å². The molecule has 0 aliphatic carbocycles. The van der Waals surface area contributed by atoms with Gasteiger partial charge in [-0.3, -0.25) is 0 Å². The van der Waals surface area contributed by atoms with Crippen LogP contribution in [0.5, 0.6) is 0 Å². The van der Waals surface area contributed by atoms with Crippen LogP contribution in [0.4, 0.5) is 0 Å². The van der Waals surface area contributed by atoms with Crippen LogP contribution < -0.4 is 0 Å². The maximum absolute atomic E-state index is 4.53. The molecule has 0 rings (SSSR count). The van der Waals surface area contributed by atoms with Crippen LogP contribution in [0.1, 0.15) is 0 Å². The molecule has 24 valence electrons. The minimum absolute atomic E-state index is 0.